The molecule has 16 nitrogen and oxygen atoms in total. The number of H-pyrrole nitrogens is 2. The van der Waals surface area contributed by atoms with E-state index in [1.165, 1.54) is 10.6 Å². The average molecular weight is 871 g/mol. The number of benzene rings is 3. The summed E-state index contributed by atoms with van der Waals surface area (Å²) >= 11 is 0. The molecule has 326 valence electrons. The number of sulfonamides is 1. The van der Waals surface area contributed by atoms with Crippen LogP contribution in [-0.4, -0.2) is 122 Å². The summed E-state index contributed by atoms with van der Waals surface area (Å²) in [4.78, 5) is 59.0. The Morgan fingerprint density at radius 1 is 0.794 bits per heavy atom. The van der Waals surface area contributed by atoms with Gasteiger partial charge < -0.3 is 24.3 Å². The lowest BCUT2D eigenvalue weighted by molar-refractivity contribution is -0.137. The van der Waals surface area contributed by atoms with Crippen molar-refractivity contribution in [1.29, 1.82) is 0 Å². The number of carbonyl (C=O) groups is 2. The van der Waals surface area contributed by atoms with Gasteiger partial charge in [0.25, 0.3) is 0 Å². The molecule has 1 spiro atoms. The van der Waals surface area contributed by atoms with Crippen LogP contribution in [0.25, 0.3) is 33.9 Å². The van der Waals surface area contributed by atoms with Gasteiger partial charge in [-0.05, 0) is 43.6 Å². The minimum atomic E-state index is -3.40. The molecule has 3 aliphatic rings. The fourth-order valence-electron chi connectivity index (χ4n) is 8.99. The summed E-state index contributed by atoms with van der Waals surface area (Å²) in [6.45, 7) is 1.34. The van der Waals surface area contributed by atoms with Gasteiger partial charge in [-0.15, -0.1) is 0 Å². The Hall–Kier alpha value is -6.27. The second-order valence-electron chi connectivity index (χ2n) is 16.5. The number of hydrogen-bond acceptors (Lipinski definition) is 11. The molecule has 3 aromatic carbocycles. The molecule has 63 heavy (non-hydrogen) atoms. The molecule has 9 rings (SSSR count). The fraction of sp³-hybridized carbons (Fsp3) is 0.348. The van der Waals surface area contributed by atoms with Gasteiger partial charge in [0.2, 0.25) is 15.9 Å². The smallest absolute Gasteiger partial charge is 0.413 e. The highest BCUT2D eigenvalue weighted by Crippen LogP contribution is 2.44. The van der Waals surface area contributed by atoms with Crippen LogP contribution in [0.2, 0.25) is 0 Å². The monoisotopic (exact) mass is 870 g/mol. The van der Waals surface area contributed by atoms with E-state index in [4.69, 9.17) is 14.5 Å². The zero-order valence-electron chi connectivity index (χ0n) is 35.4. The van der Waals surface area contributed by atoms with Gasteiger partial charge >= 0.3 is 6.09 Å². The highest BCUT2D eigenvalue weighted by atomic mass is 32.2. The molecule has 6 aromatic rings. The molecule has 6 heterocycles. The van der Waals surface area contributed by atoms with Crippen LogP contribution in [-0.2, 0) is 30.9 Å². The quantitative estimate of drug-likeness (QED) is 0.148. The molecule has 0 saturated carbocycles. The van der Waals surface area contributed by atoms with Crippen LogP contribution < -0.4 is 0 Å². The zero-order chi connectivity index (χ0) is 43.7. The van der Waals surface area contributed by atoms with Gasteiger partial charge in [-0.3, -0.25) is 14.6 Å². The van der Waals surface area contributed by atoms with Crippen molar-refractivity contribution in [2.75, 3.05) is 46.6 Å². The number of hydrogen-bond donors (Lipinski definition) is 2. The largest absolute Gasteiger partial charge is 0.444 e. The molecule has 0 aliphatic carbocycles. The molecule has 0 bridgehead atoms. The Balaban J connectivity index is 0.876. The second-order valence-corrected chi connectivity index (χ2v) is 18.5. The van der Waals surface area contributed by atoms with Crippen molar-refractivity contribution in [3.8, 4) is 33.9 Å². The molecule has 3 aromatic heterocycles. The molecule has 2 N–H and O–H groups in total. The number of nitrogens with one attached hydrogen (secondary N) is 2. The van der Waals surface area contributed by atoms with Crippen LogP contribution in [0.1, 0.15) is 66.6 Å². The van der Waals surface area contributed by atoms with E-state index in [9.17, 15) is 18.0 Å². The summed E-state index contributed by atoms with van der Waals surface area (Å²) in [6.07, 6.45) is 9.90. The van der Waals surface area contributed by atoms with Crippen LogP contribution in [0.4, 0.5) is 4.79 Å². The third-order valence-electron chi connectivity index (χ3n) is 12.3. The summed E-state index contributed by atoms with van der Waals surface area (Å²) in [7, 11) is 0.472. The van der Waals surface area contributed by atoms with Gasteiger partial charge in [-0.25, -0.2) is 37.5 Å². The summed E-state index contributed by atoms with van der Waals surface area (Å²) in [5.74, 6) is 1.89. The molecular weight excluding hydrogens is 821 g/mol. The minimum absolute atomic E-state index is 0.0701. The fourth-order valence-corrected chi connectivity index (χ4v) is 9.83. The number of piperidine rings is 1. The molecule has 2 amide bonds. The number of nitrogens with zero attached hydrogens (tertiary/aromatic N) is 8. The highest BCUT2D eigenvalue weighted by Gasteiger charge is 2.54. The van der Waals surface area contributed by atoms with Crippen LogP contribution in [0.15, 0.2) is 110 Å². The summed E-state index contributed by atoms with van der Waals surface area (Å²) in [5.41, 5.74) is 4.75. The molecule has 3 aliphatic heterocycles. The predicted molar refractivity (Wildman–Crippen MR) is 235 cm³/mol. The minimum Gasteiger partial charge on any atom is -0.444 e. The van der Waals surface area contributed by atoms with Gasteiger partial charge in [0.05, 0.1) is 42.7 Å². The van der Waals surface area contributed by atoms with E-state index < -0.39 is 27.9 Å². The van der Waals surface area contributed by atoms with Crippen molar-refractivity contribution in [3.05, 3.63) is 132 Å². The van der Waals surface area contributed by atoms with E-state index in [0.717, 1.165) is 46.6 Å². The Labute approximate surface area is 366 Å². The molecule has 0 unspecified atom stereocenters. The predicted octanol–water partition coefficient (Wildman–Crippen LogP) is 6.35. The first-order valence-corrected chi connectivity index (χ1v) is 23.0. The maximum atomic E-state index is 13.9. The van der Waals surface area contributed by atoms with Crippen molar-refractivity contribution in [3.63, 3.8) is 0 Å². The first-order valence-electron chi connectivity index (χ1n) is 21.1. The van der Waals surface area contributed by atoms with Crippen LogP contribution in [0.5, 0.6) is 0 Å². The Bertz CT molecular complexity index is 2650. The average Bonchev–Trinajstić information content (AvgIpc) is 4.14. The van der Waals surface area contributed by atoms with Gasteiger partial charge in [0.15, 0.2) is 5.82 Å². The number of amides is 2. The maximum Gasteiger partial charge on any atom is 0.413 e. The zero-order valence-corrected chi connectivity index (χ0v) is 36.2. The van der Waals surface area contributed by atoms with E-state index in [2.05, 4.69) is 24.9 Å². The van der Waals surface area contributed by atoms with Crippen LogP contribution in [0.3, 0.4) is 0 Å². The molecule has 3 saturated heterocycles. The lowest BCUT2D eigenvalue weighted by Gasteiger charge is -2.43. The Morgan fingerprint density at radius 2 is 1.40 bits per heavy atom. The topological polar surface area (TPSA) is 183 Å². The molecular formula is C46H50N10O6S. The lowest BCUT2D eigenvalue weighted by Crippen LogP contribution is -2.56. The van der Waals surface area contributed by atoms with E-state index >= 15 is 0 Å². The second kappa shape index (κ2) is 17.5. The van der Waals surface area contributed by atoms with Crippen LogP contribution in [0, 0.1) is 0 Å². The Kier molecular flexibility index (Phi) is 11.7. The highest BCUT2D eigenvalue weighted by molar-refractivity contribution is 7.88. The third-order valence-corrected chi connectivity index (χ3v) is 13.6. The van der Waals surface area contributed by atoms with Crippen molar-refractivity contribution in [1.82, 2.24) is 48.9 Å². The van der Waals surface area contributed by atoms with Crippen molar-refractivity contribution < 1.29 is 27.5 Å². The van der Waals surface area contributed by atoms with Crippen LogP contribution >= 0.6 is 0 Å². The van der Waals surface area contributed by atoms with Gasteiger partial charge in [0, 0.05) is 56.0 Å². The molecule has 0 radical (unpaired) electrons. The number of aromatic nitrogens is 6. The maximum absolute atomic E-state index is 13.9. The van der Waals surface area contributed by atoms with Crippen molar-refractivity contribution in [2.45, 2.75) is 56.1 Å². The number of likely N-dealkylation sites (tertiary alicyclic amines) is 1. The van der Waals surface area contributed by atoms with Gasteiger partial charge in [0.1, 0.15) is 36.1 Å². The normalized spacial score (nSPS) is 19.5. The number of likely N-dealkylation sites (N-methyl/N-ethyl adjacent to an activating group) is 1. The first kappa shape index (κ1) is 42.1. The van der Waals surface area contributed by atoms with E-state index in [1.807, 2.05) is 115 Å². The lowest BCUT2D eigenvalue weighted by atomic mass is 10.00. The van der Waals surface area contributed by atoms with Crippen molar-refractivity contribution in [2.24, 2.45) is 0 Å². The number of ether oxygens (including phenoxy) is 2. The Morgan fingerprint density at radius 3 is 2.03 bits per heavy atom. The summed E-state index contributed by atoms with van der Waals surface area (Å²) < 4.78 is 38.2. The molecule has 3 atom stereocenters. The third kappa shape index (κ3) is 8.61. The number of rotatable bonds is 11. The number of imidazole rings is 2. The SMILES string of the molecule is CN(C)[C@@H](C(=O)N1CCC[C@H]1c1ncc(-c2ccc(-c3ncc(-c4cnc([C@@H]5COC6(CCN(S(C)(=O)=O)CC6)N5C(=O)OCc5ccccc5)[nH]4)cn3)cc2)[nH]1)c1ccccc1. The molecule has 3 fully saturated rings. The molecule has 17 heteroatoms. The summed E-state index contributed by atoms with van der Waals surface area (Å²) in [5, 5.41) is 0. The van der Waals surface area contributed by atoms with Gasteiger partial charge in [-0.2, -0.15) is 0 Å². The standard InChI is InChI=1S/C46H50N10O6S/c1-53(2)40(33-13-8-5-9-14-33)44(57)55-22-10-15-38(55)42-49-27-36(51-42)32-16-18-34(19-17-32)41-47-25-35(26-48-41)37-28-50-43(52-37)39-30-62-46(20-23-54(24-21-46)63(3,59)60)56(39)45(58)61-29-31-11-6-4-7-12-31/h4-9,11-14,16-19,25-28,38-40H,10,15,20-24,29-30H2,1-3H3,(H,49,51)(H,50,52)/t38-,39-,40+/m0/s1. The van der Waals surface area contributed by atoms with E-state index in [0.29, 0.717) is 42.3 Å². The number of aromatic amines is 2. The van der Waals surface area contributed by atoms with Gasteiger partial charge in [-0.1, -0.05) is 84.9 Å². The van der Waals surface area contributed by atoms with Crippen molar-refractivity contribution >= 4 is 22.0 Å². The summed E-state index contributed by atoms with van der Waals surface area (Å²) in [6, 6.07) is 26.1. The number of carbonyl (C=O) groups excluding carboxylic acids is 2. The van der Waals surface area contributed by atoms with E-state index in [-0.39, 0.29) is 44.3 Å². The first-order chi connectivity index (χ1) is 30.5. The van der Waals surface area contributed by atoms with E-state index in [1.54, 1.807) is 23.5 Å².